The van der Waals surface area contributed by atoms with Crippen molar-refractivity contribution < 1.29 is 66.5 Å². The standard InChI is InChI=1S/C44H44O14/c1-49-30-20-10-6-16-26(30)40(45)53-34-35(54-41(46)27-17-7-11-21-31(27)50-2)37(56-43(48)29-19-9-13-23-33(29)52-4)39-38(57-44(58-39)24-14-5-15-25-44)36(34)55-42(47)28-18-8-12-22-32(28)51-3/h6-13,16-23,34-39H,5,14-15,24-25H2,1-4H3/t34-,35+,36+,37-,38-,39+. The summed E-state index contributed by atoms with van der Waals surface area (Å²) in [5.74, 6) is -3.91. The molecule has 1 aliphatic heterocycles. The number of esters is 4. The van der Waals surface area contributed by atoms with Gasteiger partial charge in [0.1, 0.15) is 57.5 Å². The van der Waals surface area contributed by atoms with Crippen molar-refractivity contribution in [3.63, 3.8) is 0 Å². The lowest BCUT2D eigenvalue weighted by Crippen LogP contribution is -2.66. The van der Waals surface area contributed by atoms with Gasteiger partial charge in [0.15, 0.2) is 30.2 Å². The van der Waals surface area contributed by atoms with Gasteiger partial charge in [-0.25, -0.2) is 19.2 Å². The highest BCUT2D eigenvalue weighted by Crippen LogP contribution is 2.48. The maximum atomic E-state index is 14.3. The first-order valence-corrected chi connectivity index (χ1v) is 18.9. The summed E-state index contributed by atoms with van der Waals surface area (Å²) in [4.78, 5) is 57.0. The van der Waals surface area contributed by atoms with Crippen molar-refractivity contribution in [3.8, 4) is 23.0 Å². The molecule has 1 saturated heterocycles. The van der Waals surface area contributed by atoms with Crippen molar-refractivity contribution in [2.24, 2.45) is 0 Å². The predicted octanol–water partition coefficient (Wildman–Crippen LogP) is 6.38. The molecule has 1 spiro atoms. The van der Waals surface area contributed by atoms with Crippen LogP contribution in [0.2, 0.25) is 0 Å². The van der Waals surface area contributed by atoms with Crippen molar-refractivity contribution >= 4 is 23.9 Å². The Morgan fingerprint density at radius 3 is 1.00 bits per heavy atom. The van der Waals surface area contributed by atoms with Crippen LogP contribution in [0.5, 0.6) is 23.0 Å². The Morgan fingerprint density at radius 2 is 0.707 bits per heavy atom. The van der Waals surface area contributed by atoms with E-state index in [2.05, 4.69) is 0 Å². The lowest BCUT2D eigenvalue weighted by molar-refractivity contribution is -0.203. The summed E-state index contributed by atoms with van der Waals surface area (Å²) in [6, 6.07) is 25.6. The van der Waals surface area contributed by atoms with Crippen LogP contribution in [0.3, 0.4) is 0 Å². The SMILES string of the molecule is COc1ccccc1C(=O)O[C@@H]1[C@H](OC(=O)c2ccccc2OC)[C@@H](OC(=O)c2ccccc2OC)[C@@H]2OC3(CCCCC3)O[C@@H]2[C@H]1OC(=O)c1ccccc1OC. The molecule has 7 rings (SSSR count). The smallest absolute Gasteiger partial charge is 0.342 e. The first-order chi connectivity index (χ1) is 28.2. The zero-order valence-corrected chi connectivity index (χ0v) is 32.5. The van der Waals surface area contributed by atoms with E-state index in [9.17, 15) is 19.2 Å². The number of para-hydroxylation sites is 4. The molecule has 3 fully saturated rings. The highest BCUT2D eigenvalue weighted by atomic mass is 16.8. The summed E-state index contributed by atoms with van der Waals surface area (Å²) in [6.07, 6.45) is -5.37. The number of carbonyl (C=O) groups is 4. The average Bonchev–Trinajstić information content (AvgIpc) is 3.63. The van der Waals surface area contributed by atoms with E-state index >= 15 is 0 Å². The van der Waals surface area contributed by atoms with E-state index in [1.165, 1.54) is 52.7 Å². The predicted molar refractivity (Wildman–Crippen MR) is 204 cm³/mol. The Kier molecular flexibility index (Phi) is 12.1. The molecular formula is C44H44O14. The quantitative estimate of drug-likeness (QED) is 0.115. The zero-order valence-electron chi connectivity index (χ0n) is 32.5. The van der Waals surface area contributed by atoms with E-state index in [1.807, 2.05) is 0 Å². The van der Waals surface area contributed by atoms with Gasteiger partial charge in [0.05, 0.1) is 28.4 Å². The summed E-state index contributed by atoms with van der Waals surface area (Å²) >= 11 is 0. The molecule has 14 nitrogen and oxygen atoms in total. The zero-order chi connectivity index (χ0) is 40.8. The minimum absolute atomic E-state index is 0.0200. The highest BCUT2D eigenvalue weighted by molar-refractivity contribution is 5.95. The van der Waals surface area contributed by atoms with Gasteiger partial charge < -0.3 is 47.4 Å². The van der Waals surface area contributed by atoms with Crippen LogP contribution in [0.25, 0.3) is 0 Å². The van der Waals surface area contributed by atoms with E-state index in [-0.39, 0.29) is 45.3 Å². The molecule has 6 atom stereocenters. The molecule has 4 aromatic rings. The van der Waals surface area contributed by atoms with Crippen LogP contribution in [0.4, 0.5) is 0 Å². The van der Waals surface area contributed by atoms with Crippen LogP contribution in [-0.4, -0.2) is 94.7 Å². The fourth-order valence-electron chi connectivity index (χ4n) is 7.78. The second-order valence-corrected chi connectivity index (χ2v) is 13.9. The molecule has 0 unspecified atom stereocenters. The van der Waals surface area contributed by atoms with Crippen molar-refractivity contribution in [2.45, 2.75) is 74.5 Å². The second-order valence-electron chi connectivity index (χ2n) is 13.9. The number of fused-ring (bicyclic) bond motifs is 1. The van der Waals surface area contributed by atoms with Crippen LogP contribution >= 0.6 is 0 Å². The lowest BCUT2D eigenvalue weighted by Gasteiger charge is -2.44. The van der Waals surface area contributed by atoms with Gasteiger partial charge >= 0.3 is 23.9 Å². The van der Waals surface area contributed by atoms with Gasteiger partial charge in [-0.05, 0) is 61.4 Å². The summed E-state index contributed by atoms with van der Waals surface area (Å²) in [6.45, 7) is 0. The van der Waals surface area contributed by atoms with E-state index in [1.54, 1.807) is 72.8 Å². The molecular weight excluding hydrogens is 752 g/mol. The van der Waals surface area contributed by atoms with Crippen molar-refractivity contribution in [3.05, 3.63) is 119 Å². The van der Waals surface area contributed by atoms with Gasteiger partial charge in [0.2, 0.25) is 0 Å². The minimum Gasteiger partial charge on any atom is -0.496 e. The maximum Gasteiger partial charge on any atom is 0.342 e. The minimum atomic E-state index is -1.67. The fourth-order valence-corrected chi connectivity index (χ4v) is 7.78. The molecule has 0 radical (unpaired) electrons. The Balaban J connectivity index is 1.39. The first kappa shape index (κ1) is 40.1. The molecule has 4 aromatic carbocycles. The number of carbonyl (C=O) groups excluding carboxylic acids is 4. The molecule has 14 heteroatoms. The fraction of sp³-hybridized carbons (Fsp3) is 0.364. The number of methoxy groups -OCH3 is 4. The molecule has 58 heavy (non-hydrogen) atoms. The van der Waals surface area contributed by atoms with Gasteiger partial charge in [0, 0.05) is 12.8 Å². The van der Waals surface area contributed by atoms with Gasteiger partial charge in [-0.15, -0.1) is 0 Å². The lowest BCUT2D eigenvalue weighted by atomic mass is 9.84. The van der Waals surface area contributed by atoms with Crippen molar-refractivity contribution in [1.82, 2.24) is 0 Å². The Bertz CT molecular complexity index is 1980. The number of ether oxygens (including phenoxy) is 10. The Morgan fingerprint density at radius 1 is 0.431 bits per heavy atom. The topological polar surface area (TPSA) is 161 Å². The number of benzene rings is 4. The number of hydrogen-bond acceptors (Lipinski definition) is 14. The first-order valence-electron chi connectivity index (χ1n) is 18.9. The van der Waals surface area contributed by atoms with Gasteiger partial charge in [-0.2, -0.15) is 0 Å². The molecule has 0 bridgehead atoms. The van der Waals surface area contributed by atoms with Gasteiger partial charge in [0.25, 0.3) is 0 Å². The average molecular weight is 797 g/mol. The third-order valence-corrected chi connectivity index (χ3v) is 10.5. The van der Waals surface area contributed by atoms with Crippen molar-refractivity contribution in [2.75, 3.05) is 28.4 Å². The Labute approximate surface area is 335 Å². The summed E-state index contributed by atoms with van der Waals surface area (Å²) < 4.78 is 60.6. The third-order valence-electron chi connectivity index (χ3n) is 10.5. The molecule has 0 aromatic heterocycles. The molecule has 304 valence electrons. The van der Waals surface area contributed by atoms with Gasteiger partial charge in [-0.1, -0.05) is 55.0 Å². The van der Waals surface area contributed by atoms with Crippen LogP contribution in [0.15, 0.2) is 97.1 Å². The monoisotopic (exact) mass is 796 g/mol. The number of hydrogen-bond donors (Lipinski definition) is 0. The molecule has 2 aliphatic carbocycles. The highest BCUT2D eigenvalue weighted by Gasteiger charge is 2.65. The summed E-state index contributed by atoms with van der Waals surface area (Å²) in [5.41, 5.74) is 0.170. The normalized spacial score (nSPS) is 23.1. The Hall–Kier alpha value is -6.12. The molecule has 3 aliphatic rings. The van der Waals surface area contributed by atoms with Crippen LogP contribution in [0.1, 0.15) is 73.5 Å². The largest absolute Gasteiger partial charge is 0.496 e. The third kappa shape index (κ3) is 8.02. The second kappa shape index (κ2) is 17.6. The van der Waals surface area contributed by atoms with E-state index < -0.39 is 66.3 Å². The molecule has 0 amide bonds. The van der Waals surface area contributed by atoms with E-state index in [4.69, 9.17) is 47.4 Å². The van der Waals surface area contributed by atoms with Crippen LogP contribution in [0, 0.1) is 0 Å². The van der Waals surface area contributed by atoms with Crippen molar-refractivity contribution in [1.29, 1.82) is 0 Å². The summed E-state index contributed by atoms with van der Waals surface area (Å²) in [5, 5.41) is 0. The molecule has 2 saturated carbocycles. The van der Waals surface area contributed by atoms with E-state index in [0.29, 0.717) is 12.8 Å². The van der Waals surface area contributed by atoms with Crippen LogP contribution < -0.4 is 18.9 Å². The molecule has 1 heterocycles. The van der Waals surface area contributed by atoms with Gasteiger partial charge in [-0.3, -0.25) is 0 Å². The summed E-state index contributed by atoms with van der Waals surface area (Å²) in [7, 11) is 5.62. The molecule has 0 N–H and O–H groups in total. The van der Waals surface area contributed by atoms with E-state index in [0.717, 1.165) is 19.3 Å². The maximum absolute atomic E-state index is 14.3. The van der Waals surface area contributed by atoms with Crippen LogP contribution in [-0.2, 0) is 28.4 Å². The number of rotatable bonds is 12.